The number of cyclic esters (lactones) is 1. The maximum absolute atomic E-state index is 12.5. The first kappa shape index (κ1) is 21.4. The summed E-state index contributed by atoms with van der Waals surface area (Å²) >= 11 is 0. The second kappa shape index (κ2) is 9.43. The Morgan fingerprint density at radius 3 is 2.53 bits per heavy atom. The van der Waals surface area contributed by atoms with Crippen molar-refractivity contribution in [2.24, 2.45) is 0 Å². The number of anilines is 2. The molecule has 1 aliphatic heterocycles. The average molecular weight is 409 g/mol. The van der Waals surface area contributed by atoms with Crippen LogP contribution in [-0.2, 0) is 9.53 Å². The Morgan fingerprint density at radius 2 is 1.83 bits per heavy atom. The number of nitrogens with one attached hydrogen (secondary N) is 1. The van der Waals surface area contributed by atoms with Gasteiger partial charge < -0.3 is 15.0 Å². The van der Waals surface area contributed by atoms with Gasteiger partial charge in [-0.1, -0.05) is 24.3 Å². The molecule has 7 nitrogen and oxygen atoms in total. The fourth-order valence-corrected chi connectivity index (χ4v) is 3.52. The number of amides is 2. The van der Waals surface area contributed by atoms with E-state index in [0.717, 1.165) is 24.2 Å². The standard InChI is InChI=1S/C23H27N3O4/c1-4-25(5-2)21-11-9-17(10-12-22(21)28)18-7-6-8-19(13-18)26-15-20(30-23(26)29)14-24-16(3)27/h6-13,20H,4-5,14-15H2,1-3H3,(H,24,27). The van der Waals surface area contributed by atoms with E-state index in [4.69, 9.17) is 4.74 Å². The van der Waals surface area contributed by atoms with Crippen LogP contribution in [0.4, 0.5) is 16.2 Å². The van der Waals surface area contributed by atoms with E-state index < -0.39 is 6.09 Å². The van der Waals surface area contributed by atoms with E-state index in [1.807, 2.05) is 55.1 Å². The molecule has 0 saturated carbocycles. The topological polar surface area (TPSA) is 79.0 Å². The highest BCUT2D eigenvalue weighted by atomic mass is 16.6. The Balaban J connectivity index is 1.85. The minimum Gasteiger partial charge on any atom is -0.442 e. The minimum absolute atomic E-state index is 0.0231. The van der Waals surface area contributed by atoms with Gasteiger partial charge in [-0.3, -0.25) is 14.5 Å². The van der Waals surface area contributed by atoms with Crippen LogP contribution in [0.25, 0.3) is 11.1 Å². The lowest BCUT2D eigenvalue weighted by Crippen LogP contribution is -2.33. The molecule has 1 heterocycles. The van der Waals surface area contributed by atoms with Crippen LogP contribution < -0.4 is 20.5 Å². The molecule has 2 aromatic carbocycles. The summed E-state index contributed by atoms with van der Waals surface area (Å²) in [6.07, 6.45) is -0.828. The number of ether oxygens (including phenoxy) is 1. The Morgan fingerprint density at radius 1 is 1.10 bits per heavy atom. The van der Waals surface area contributed by atoms with Gasteiger partial charge in [0.15, 0.2) is 0 Å². The van der Waals surface area contributed by atoms with Crippen molar-refractivity contribution in [3.63, 3.8) is 0 Å². The minimum atomic E-state index is -0.438. The van der Waals surface area contributed by atoms with Crippen LogP contribution in [-0.4, -0.2) is 44.3 Å². The normalized spacial score (nSPS) is 15.6. The number of benzene rings is 1. The van der Waals surface area contributed by atoms with Crippen molar-refractivity contribution in [3.8, 4) is 11.1 Å². The largest absolute Gasteiger partial charge is 0.442 e. The fraction of sp³-hybridized carbons (Fsp3) is 0.348. The van der Waals surface area contributed by atoms with Crippen LogP contribution in [0, 0.1) is 0 Å². The zero-order valence-electron chi connectivity index (χ0n) is 17.6. The first-order valence-electron chi connectivity index (χ1n) is 10.1. The third-order valence-electron chi connectivity index (χ3n) is 5.14. The fourth-order valence-electron chi connectivity index (χ4n) is 3.52. The molecule has 1 N–H and O–H groups in total. The molecule has 1 saturated heterocycles. The molecule has 2 aromatic rings. The Hall–Kier alpha value is -3.35. The molecule has 1 aliphatic rings. The third-order valence-corrected chi connectivity index (χ3v) is 5.14. The molecule has 0 spiro atoms. The first-order valence-corrected chi connectivity index (χ1v) is 10.1. The van der Waals surface area contributed by atoms with E-state index in [-0.39, 0.29) is 24.0 Å². The summed E-state index contributed by atoms with van der Waals surface area (Å²) < 4.78 is 5.35. The molecule has 0 aliphatic carbocycles. The van der Waals surface area contributed by atoms with Crippen molar-refractivity contribution in [3.05, 3.63) is 58.8 Å². The van der Waals surface area contributed by atoms with E-state index >= 15 is 0 Å². The molecule has 2 amide bonds. The second-order valence-electron chi connectivity index (χ2n) is 7.15. The number of rotatable bonds is 7. The smallest absolute Gasteiger partial charge is 0.414 e. The monoisotopic (exact) mass is 409 g/mol. The number of nitrogens with zero attached hydrogens (tertiary/aromatic N) is 2. The van der Waals surface area contributed by atoms with Crippen LogP contribution >= 0.6 is 0 Å². The maximum atomic E-state index is 12.5. The average Bonchev–Trinajstić information content (AvgIpc) is 3.01. The van der Waals surface area contributed by atoms with Crippen molar-refractivity contribution in [1.29, 1.82) is 0 Å². The molecular weight excluding hydrogens is 382 g/mol. The molecular formula is C23H27N3O4. The van der Waals surface area contributed by atoms with Gasteiger partial charge in [0.05, 0.1) is 18.8 Å². The van der Waals surface area contributed by atoms with E-state index in [2.05, 4.69) is 5.32 Å². The number of hydrogen-bond acceptors (Lipinski definition) is 5. The predicted molar refractivity (Wildman–Crippen MR) is 118 cm³/mol. The highest BCUT2D eigenvalue weighted by molar-refractivity contribution is 5.90. The molecule has 30 heavy (non-hydrogen) atoms. The first-order chi connectivity index (χ1) is 14.4. The van der Waals surface area contributed by atoms with Crippen molar-refractivity contribution in [1.82, 2.24) is 5.32 Å². The molecule has 7 heteroatoms. The lowest BCUT2D eigenvalue weighted by atomic mass is 10.1. The van der Waals surface area contributed by atoms with Gasteiger partial charge in [-0.15, -0.1) is 0 Å². The summed E-state index contributed by atoms with van der Waals surface area (Å²) in [5.41, 5.74) is 3.14. The summed E-state index contributed by atoms with van der Waals surface area (Å²) in [6.45, 7) is 7.64. The third kappa shape index (κ3) is 4.79. The van der Waals surface area contributed by atoms with E-state index in [9.17, 15) is 14.4 Å². The van der Waals surface area contributed by atoms with Gasteiger partial charge in [-0.05, 0) is 49.2 Å². The van der Waals surface area contributed by atoms with Crippen molar-refractivity contribution >= 4 is 23.4 Å². The number of carbonyl (C=O) groups is 2. The van der Waals surface area contributed by atoms with Crippen LogP contribution in [0.15, 0.2) is 53.3 Å². The number of hydrogen-bond donors (Lipinski definition) is 1. The predicted octanol–water partition coefficient (Wildman–Crippen LogP) is 3.02. The van der Waals surface area contributed by atoms with Gasteiger partial charge in [-0.2, -0.15) is 0 Å². The molecule has 1 unspecified atom stereocenters. The summed E-state index contributed by atoms with van der Waals surface area (Å²) in [6, 6.07) is 14.7. The van der Waals surface area contributed by atoms with E-state index in [1.165, 1.54) is 6.92 Å². The van der Waals surface area contributed by atoms with Crippen molar-refractivity contribution in [2.45, 2.75) is 26.9 Å². The molecule has 0 aromatic heterocycles. The molecule has 0 radical (unpaired) electrons. The van der Waals surface area contributed by atoms with Crippen LogP contribution in [0.5, 0.6) is 0 Å². The van der Waals surface area contributed by atoms with Gasteiger partial charge in [0.2, 0.25) is 11.3 Å². The van der Waals surface area contributed by atoms with Crippen molar-refractivity contribution < 1.29 is 14.3 Å². The van der Waals surface area contributed by atoms with Gasteiger partial charge in [0.1, 0.15) is 6.10 Å². The zero-order valence-corrected chi connectivity index (χ0v) is 17.6. The van der Waals surface area contributed by atoms with Crippen molar-refractivity contribution in [2.75, 3.05) is 36.0 Å². The molecule has 1 atom stereocenters. The quantitative estimate of drug-likeness (QED) is 0.761. The lowest BCUT2D eigenvalue weighted by Gasteiger charge is -2.18. The zero-order chi connectivity index (χ0) is 21.7. The van der Waals surface area contributed by atoms with Crippen LogP contribution in [0.3, 0.4) is 0 Å². The van der Waals surface area contributed by atoms with Gasteiger partial charge in [0.25, 0.3) is 0 Å². The Labute approximate surface area is 176 Å². The van der Waals surface area contributed by atoms with E-state index in [0.29, 0.717) is 17.9 Å². The highest BCUT2D eigenvalue weighted by Crippen LogP contribution is 2.27. The molecule has 0 bridgehead atoms. The molecule has 158 valence electrons. The van der Waals surface area contributed by atoms with Gasteiger partial charge in [0, 0.05) is 25.7 Å². The van der Waals surface area contributed by atoms with Gasteiger partial charge in [-0.25, -0.2) is 4.79 Å². The SMILES string of the molecule is CCN(CC)c1ccc(-c2cccc(N3CC(CNC(C)=O)OC3=O)c2)ccc1=O. The maximum Gasteiger partial charge on any atom is 0.414 e. The second-order valence-corrected chi connectivity index (χ2v) is 7.15. The number of carbonyl (C=O) groups excluding carboxylic acids is 2. The van der Waals surface area contributed by atoms with Crippen LogP contribution in [0.1, 0.15) is 20.8 Å². The molecule has 3 rings (SSSR count). The summed E-state index contributed by atoms with van der Waals surface area (Å²) in [7, 11) is 0. The highest BCUT2D eigenvalue weighted by Gasteiger charge is 2.32. The summed E-state index contributed by atoms with van der Waals surface area (Å²) in [5.74, 6) is -0.162. The van der Waals surface area contributed by atoms with Gasteiger partial charge >= 0.3 is 6.09 Å². The summed E-state index contributed by atoms with van der Waals surface area (Å²) in [5, 5.41) is 2.67. The molecule has 1 fully saturated rings. The lowest BCUT2D eigenvalue weighted by molar-refractivity contribution is -0.119. The Bertz CT molecular complexity index is 988. The van der Waals surface area contributed by atoms with E-state index in [1.54, 1.807) is 17.0 Å². The Kier molecular flexibility index (Phi) is 6.72. The van der Waals surface area contributed by atoms with Crippen LogP contribution in [0.2, 0.25) is 0 Å². The summed E-state index contributed by atoms with van der Waals surface area (Å²) in [4.78, 5) is 39.5.